The molecule has 2 aromatic carbocycles. The maximum absolute atomic E-state index is 6.16. The summed E-state index contributed by atoms with van der Waals surface area (Å²) in [7, 11) is 1.69. The van der Waals surface area contributed by atoms with Crippen LogP contribution in [0, 0.1) is 0 Å². The Balaban J connectivity index is 2.45. The predicted molar refractivity (Wildman–Crippen MR) is 85.4 cm³/mol. The molecular formula is C17H20ClNO. The molecule has 0 amide bonds. The predicted octanol–water partition coefficient (Wildman–Crippen LogP) is 4.51. The molecule has 0 aliphatic rings. The van der Waals surface area contributed by atoms with E-state index >= 15 is 0 Å². The lowest BCUT2D eigenvalue weighted by molar-refractivity contribution is 0.416. The van der Waals surface area contributed by atoms with E-state index in [1.54, 1.807) is 7.11 Å². The molecule has 0 unspecified atom stereocenters. The fourth-order valence-electron chi connectivity index (χ4n) is 2.13. The van der Waals surface area contributed by atoms with Gasteiger partial charge < -0.3 is 10.1 Å². The Hall–Kier alpha value is -1.51. The maximum atomic E-state index is 6.16. The minimum Gasteiger partial charge on any atom is -0.496 e. The van der Waals surface area contributed by atoms with Crippen molar-refractivity contribution < 1.29 is 4.74 Å². The van der Waals surface area contributed by atoms with Gasteiger partial charge in [0.25, 0.3) is 0 Å². The van der Waals surface area contributed by atoms with Gasteiger partial charge >= 0.3 is 0 Å². The molecule has 2 aromatic rings. The van der Waals surface area contributed by atoms with Crippen molar-refractivity contribution in [3.8, 4) is 16.9 Å². The van der Waals surface area contributed by atoms with Gasteiger partial charge in [-0.05, 0) is 29.3 Å². The SMILES string of the molecule is COc1ccccc1-c1cc(Cl)ccc1CNC(C)C. The van der Waals surface area contributed by atoms with E-state index in [4.69, 9.17) is 16.3 Å². The average molecular weight is 290 g/mol. The second-order valence-electron chi connectivity index (χ2n) is 5.04. The number of ether oxygens (including phenoxy) is 1. The highest BCUT2D eigenvalue weighted by Gasteiger charge is 2.10. The van der Waals surface area contributed by atoms with Crippen LogP contribution in [0.15, 0.2) is 42.5 Å². The van der Waals surface area contributed by atoms with E-state index in [-0.39, 0.29) is 0 Å². The summed E-state index contributed by atoms with van der Waals surface area (Å²) < 4.78 is 5.46. The Morgan fingerprint density at radius 2 is 1.85 bits per heavy atom. The minimum absolute atomic E-state index is 0.441. The summed E-state index contributed by atoms with van der Waals surface area (Å²) in [4.78, 5) is 0. The van der Waals surface area contributed by atoms with E-state index in [9.17, 15) is 0 Å². The summed E-state index contributed by atoms with van der Waals surface area (Å²) in [6.45, 7) is 5.08. The number of nitrogens with one attached hydrogen (secondary N) is 1. The van der Waals surface area contributed by atoms with Gasteiger partial charge in [0.2, 0.25) is 0 Å². The minimum atomic E-state index is 0.441. The van der Waals surface area contributed by atoms with Crippen molar-refractivity contribution in [1.82, 2.24) is 5.32 Å². The van der Waals surface area contributed by atoms with Crippen molar-refractivity contribution in [1.29, 1.82) is 0 Å². The lowest BCUT2D eigenvalue weighted by Gasteiger charge is -2.15. The monoisotopic (exact) mass is 289 g/mol. The van der Waals surface area contributed by atoms with Crippen LogP contribution in [0.1, 0.15) is 19.4 Å². The summed E-state index contributed by atoms with van der Waals surface area (Å²) in [5.41, 5.74) is 3.40. The summed E-state index contributed by atoms with van der Waals surface area (Å²) in [5.74, 6) is 0.862. The van der Waals surface area contributed by atoms with E-state index in [0.29, 0.717) is 6.04 Å². The number of para-hydroxylation sites is 1. The van der Waals surface area contributed by atoms with Gasteiger partial charge in [0.1, 0.15) is 5.75 Å². The van der Waals surface area contributed by atoms with Gasteiger partial charge in [-0.1, -0.05) is 49.7 Å². The summed E-state index contributed by atoms with van der Waals surface area (Å²) in [6, 6.07) is 14.4. The van der Waals surface area contributed by atoms with Crippen LogP contribution in [-0.2, 0) is 6.54 Å². The zero-order valence-corrected chi connectivity index (χ0v) is 12.9. The van der Waals surface area contributed by atoms with Gasteiger partial charge in [-0.2, -0.15) is 0 Å². The molecule has 0 aliphatic heterocycles. The highest BCUT2D eigenvalue weighted by Crippen LogP contribution is 2.33. The first-order chi connectivity index (χ1) is 9.61. The van der Waals surface area contributed by atoms with Crippen molar-refractivity contribution in [3.63, 3.8) is 0 Å². The highest BCUT2D eigenvalue weighted by atomic mass is 35.5. The van der Waals surface area contributed by atoms with Crippen LogP contribution in [-0.4, -0.2) is 13.2 Å². The molecule has 0 saturated heterocycles. The second kappa shape index (κ2) is 6.78. The Morgan fingerprint density at radius 3 is 2.55 bits per heavy atom. The molecule has 0 heterocycles. The fourth-order valence-corrected chi connectivity index (χ4v) is 2.31. The largest absolute Gasteiger partial charge is 0.496 e. The molecule has 20 heavy (non-hydrogen) atoms. The third kappa shape index (κ3) is 3.53. The Bertz CT molecular complexity index is 581. The van der Waals surface area contributed by atoms with Crippen LogP contribution < -0.4 is 10.1 Å². The molecule has 2 nitrogen and oxygen atoms in total. The van der Waals surface area contributed by atoms with Gasteiger partial charge in [0, 0.05) is 23.2 Å². The van der Waals surface area contributed by atoms with Crippen LogP contribution in [0.4, 0.5) is 0 Å². The Morgan fingerprint density at radius 1 is 1.10 bits per heavy atom. The number of hydrogen-bond donors (Lipinski definition) is 1. The first kappa shape index (κ1) is 14.9. The molecular weight excluding hydrogens is 270 g/mol. The standard InChI is InChI=1S/C17H20ClNO/c1-12(2)19-11-13-8-9-14(18)10-16(13)15-6-4-5-7-17(15)20-3/h4-10,12,19H,11H2,1-3H3. The lowest BCUT2D eigenvalue weighted by Crippen LogP contribution is -2.22. The second-order valence-corrected chi connectivity index (χ2v) is 5.47. The van der Waals surface area contributed by atoms with Crippen molar-refractivity contribution in [2.75, 3.05) is 7.11 Å². The van der Waals surface area contributed by atoms with Crippen LogP contribution in [0.5, 0.6) is 5.75 Å². The molecule has 0 spiro atoms. The molecule has 0 atom stereocenters. The summed E-state index contributed by atoms with van der Waals surface area (Å²) in [6.07, 6.45) is 0. The van der Waals surface area contributed by atoms with Gasteiger partial charge in [0.15, 0.2) is 0 Å². The van der Waals surface area contributed by atoms with Crippen LogP contribution in [0.2, 0.25) is 5.02 Å². The topological polar surface area (TPSA) is 21.3 Å². The van der Waals surface area contributed by atoms with Crippen LogP contribution >= 0.6 is 11.6 Å². The van der Waals surface area contributed by atoms with Gasteiger partial charge in [-0.25, -0.2) is 0 Å². The summed E-state index contributed by atoms with van der Waals surface area (Å²) >= 11 is 6.16. The molecule has 1 N–H and O–H groups in total. The average Bonchev–Trinajstić information content (AvgIpc) is 2.45. The first-order valence-corrected chi connectivity index (χ1v) is 7.15. The van der Waals surface area contributed by atoms with Crippen molar-refractivity contribution in [2.45, 2.75) is 26.4 Å². The number of hydrogen-bond acceptors (Lipinski definition) is 2. The van der Waals surface area contributed by atoms with Gasteiger partial charge in [0.05, 0.1) is 7.11 Å². The van der Waals surface area contributed by atoms with E-state index in [0.717, 1.165) is 28.4 Å². The highest BCUT2D eigenvalue weighted by molar-refractivity contribution is 6.30. The van der Waals surface area contributed by atoms with E-state index in [1.165, 1.54) is 5.56 Å². The number of methoxy groups -OCH3 is 1. The number of benzene rings is 2. The lowest BCUT2D eigenvalue weighted by atomic mass is 9.98. The first-order valence-electron chi connectivity index (χ1n) is 6.77. The molecule has 106 valence electrons. The number of halogens is 1. The third-order valence-electron chi connectivity index (χ3n) is 3.17. The van der Waals surface area contributed by atoms with E-state index in [1.807, 2.05) is 30.3 Å². The smallest absolute Gasteiger partial charge is 0.126 e. The molecule has 0 saturated carbocycles. The molecule has 0 aromatic heterocycles. The van der Waals surface area contributed by atoms with Crippen molar-refractivity contribution >= 4 is 11.6 Å². The fraction of sp³-hybridized carbons (Fsp3) is 0.294. The zero-order valence-electron chi connectivity index (χ0n) is 12.1. The van der Waals surface area contributed by atoms with E-state index in [2.05, 4.69) is 31.3 Å². The normalized spacial score (nSPS) is 10.8. The maximum Gasteiger partial charge on any atom is 0.126 e. The quantitative estimate of drug-likeness (QED) is 0.874. The van der Waals surface area contributed by atoms with Gasteiger partial charge in [-0.15, -0.1) is 0 Å². The molecule has 2 rings (SSSR count). The molecule has 0 bridgehead atoms. The molecule has 0 fully saturated rings. The van der Waals surface area contributed by atoms with E-state index < -0.39 is 0 Å². The molecule has 0 aliphatic carbocycles. The Labute approximate surface area is 125 Å². The molecule has 0 radical (unpaired) electrons. The molecule has 3 heteroatoms. The number of rotatable bonds is 5. The zero-order chi connectivity index (χ0) is 14.5. The van der Waals surface area contributed by atoms with Gasteiger partial charge in [-0.3, -0.25) is 0 Å². The third-order valence-corrected chi connectivity index (χ3v) is 3.40. The Kier molecular flexibility index (Phi) is 5.05. The van der Waals surface area contributed by atoms with Crippen LogP contribution in [0.3, 0.4) is 0 Å². The summed E-state index contributed by atoms with van der Waals surface area (Å²) in [5, 5.41) is 4.18. The van der Waals surface area contributed by atoms with Crippen molar-refractivity contribution in [2.24, 2.45) is 0 Å². The van der Waals surface area contributed by atoms with Crippen molar-refractivity contribution in [3.05, 3.63) is 53.1 Å². The van der Waals surface area contributed by atoms with Crippen LogP contribution in [0.25, 0.3) is 11.1 Å².